The first-order valence-electron chi connectivity index (χ1n) is 7.75. The van der Waals surface area contributed by atoms with E-state index in [4.69, 9.17) is 0 Å². The molecule has 0 aromatic heterocycles. The largest absolute Gasteiger partial charge is 0.322 e. The topological polar surface area (TPSA) is 58.2 Å². The van der Waals surface area contributed by atoms with Crippen molar-refractivity contribution in [3.63, 3.8) is 0 Å². The van der Waals surface area contributed by atoms with E-state index in [1.807, 2.05) is 0 Å². The van der Waals surface area contributed by atoms with Crippen molar-refractivity contribution in [3.05, 3.63) is 95.6 Å². The zero-order valence-electron chi connectivity index (χ0n) is 13.5. The predicted octanol–water partition coefficient (Wildman–Crippen LogP) is 4.47. The van der Waals surface area contributed by atoms with Gasteiger partial charge in [-0.2, -0.15) is 0 Å². The molecule has 0 heterocycles. The van der Waals surface area contributed by atoms with Crippen molar-refractivity contribution in [3.8, 4) is 0 Å². The van der Waals surface area contributed by atoms with Gasteiger partial charge in [-0.05, 0) is 42.5 Å². The molecule has 3 aromatic carbocycles. The van der Waals surface area contributed by atoms with Crippen molar-refractivity contribution in [2.45, 2.75) is 0 Å². The quantitative estimate of drug-likeness (QED) is 0.728. The molecule has 0 aliphatic heterocycles. The van der Waals surface area contributed by atoms with E-state index in [2.05, 4.69) is 10.6 Å². The Morgan fingerprint density at radius 3 is 1.88 bits per heavy atom. The molecule has 26 heavy (non-hydrogen) atoms. The molecule has 0 unspecified atom stereocenters. The first kappa shape index (κ1) is 17.3. The van der Waals surface area contributed by atoms with Gasteiger partial charge in [0, 0.05) is 28.6 Å². The van der Waals surface area contributed by atoms with Crippen molar-refractivity contribution >= 4 is 23.2 Å². The lowest BCUT2D eigenvalue weighted by molar-refractivity contribution is 0.101. The first-order chi connectivity index (χ1) is 12.5. The zero-order chi connectivity index (χ0) is 18.5. The summed E-state index contributed by atoms with van der Waals surface area (Å²) in [7, 11) is 0. The van der Waals surface area contributed by atoms with Gasteiger partial charge in [-0.3, -0.25) is 9.59 Å². The van der Waals surface area contributed by atoms with Crippen LogP contribution in [0.15, 0.2) is 72.8 Å². The number of hydrogen-bond acceptors (Lipinski definition) is 2. The molecular weight excluding hydrogens is 338 g/mol. The lowest BCUT2D eigenvalue weighted by Crippen LogP contribution is -2.14. The molecule has 0 spiro atoms. The highest BCUT2D eigenvalue weighted by Crippen LogP contribution is 2.16. The van der Waals surface area contributed by atoms with Crippen molar-refractivity contribution in [2.24, 2.45) is 0 Å². The smallest absolute Gasteiger partial charge is 0.255 e. The number of halogens is 2. The van der Waals surface area contributed by atoms with E-state index < -0.39 is 17.5 Å². The van der Waals surface area contributed by atoms with Crippen LogP contribution in [0.3, 0.4) is 0 Å². The van der Waals surface area contributed by atoms with Crippen molar-refractivity contribution < 1.29 is 18.4 Å². The number of rotatable bonds is 4. The van der Waals surface area contributed by atoms with Gasteiger partial charge in [0.25, 0.3) is 11.8 Å². The Kier molecular flexibility index (Phi) is 5.03. The molecular formula is C20H14F2N2O2. The Hall–Kier alpha value is -3.54. The molecule has 0 atom stereocenters. The average molecular weight is 352 g/mol. The first-order valence-corrected chi connectivity index (χ1v) is 7.75. The van der Waals surface area contributed by atoms with Crippen molar-refractivity contribution in [1.29, 1.82) is 0 Å². The number of carbonyl (C=O) groups is 2. The summed E-state index contributed by atoms with van der Waals surface area (Å²) in [5.41, 5.74) is 1.15. The number of anilines is 2. The Labute approximate surface area is 148 Å². The standard InChI is InChI=1S/C20H14F2N2O2/c21-15-10-16(22)12-18(11-15)24-20(26)14-7-4-8-17(9-14)23-19(25)13-5-2-1-3-6-13/h1-12H,(H,23,25)(H,24,26). The maximum absolute atomic E-state index is 13.2. The summed E-state index contributed by atoms with van der Waals surface area (Å²) in [6.45, 7) is 0. The number of hydrogen-bond donors (Lipinski definition) is 2. The molecule has 4 nitrogen and oxygen atoms in total. The number of amides is 2. The summed E-state index contributed by atoms with van der Waals surface area (Å²) in [4.78, 5) is 24.4. The second kappa shape index (κ2) is 7.57. The highest BCUT2D eigenvalue weighted by atomic mass is 19.1. The van der Waals surface area contributed by atoms with Gasteiger partial charge in [0.1, 0.15) is 11.6 Å². The Morgan fingerprint density at radius 2 is 1.19 bits per heavy atom. The molecule has 0 saturated carbocycles. The van der Waals surface area contributed by atoms with Crippen LogP contribution < -0.4 is 10.6 Å². The third kappa shape index (κ3) is 4.30. The molecule has 0 radical (unpaired) electrons. The van der Waals surface area contributed by atoms with E-state index >= 15 is 0 Å². The van der Waals surface area contributed by atoms with Crippen LogP contribution in [0.5, 0.6) is 0 Å². The summed E-state index contributed by atoms with van der Waals surface area (Å²) in [5, 5.41) is 5.12. The van der Waals surface area contributed by atoms with E-state index in [1.165, 1.54) is 12.1 Å². The third-order valence-electron chi connectivity index (χ3n) is 3.54. The zero-order valence-corrected chi connectivity index (χ0v) is 13.5. The van der Waals surface area contributed by atoms with Gasteiger partial charge in [-0.1, -0.05) is 24.3 Å². The van der Waals surface area contributed by atoms with Crippen LogP contribution in [-0.2, 0) is 0 Å². The van der Waals surface area contributed by atoms with Gasteiger partial charge in [-0.15, -0.1) is 0 Å². The normalized spacial score (nSPS) is 10.2. The van der Waals surface area contributed by atoms with Gasteiger partial charge in [-0.25, -0.2) is 8.78 Å². The second-order valence-electron chi connectivity index (χ2n) is 5.51. The molecule has 0 aliphatic carbocycles. The van der Waals surface area contributed by atoms with Crippen LogP contribution in [0.4, 0.5) is 20.2 Å². The summed E-state index contributed by atoms with van der Waals surface area (Å²) in [6, 6.07) is 17.6. The predicted molar refractivity (Wildman–Crippen MR) is 95.1 cm³/mol. The number of nitrogens with one attached hydrogen (secondary N) is 2. The highest BCUT2D eigenvalue weighted by Gasteiger charge is 2.10. The SMILES string of the molecule is O=C(Nc1cccc(C(=O)Nc2cc(F)cc(F)c2)c1)c1ccccc1. The van der Waals surface area contributed by atoms with Crippen LogP contribution in [0.1, 0.15) is 20.7 Å². The average Bonchev–Trinajstić information content (AvgIpc) is 2.62. The van der Waals surface area contributed by atoms with Gasteiger partial charge in [0.2, 0.25) is 0 Å². The summed E-state index contributed by atoms with van der Waals surface area (Å²) < 4.78 is 26.4. The molecule has 130 valence electrons. The molecule has 0 aliphatic rings. The highest BCUT2D eigenvalue weighted by molar-refractivity contribution is 6.07. The van der Waals surface area contributed by atoms with Crippen molar-refractivity contribution in [2.75, 3.05) is 10.6 Å². The molecule has 3 aromatic rings. The third-order valence-corrected chi connectivity index (χ3v) is 3.54. The van der Waals surface area contributed by atoms with Gasteiger partial charge in [0.05, 0.1) is 0 Å². The number of carbonyl (C=O) groups excluding carboxylic acids is 2. The molecule has 2 N–H and O–H groups in total. The minimum absolute atomic E-state index is 0.00576. The summed E-state index contributed by atoms with van der Waals surface area (Å²) in [6.07, 6.45) is 0. The van der Waals surface area contributed by atoms with E-state index in [9.17, 15) is 18.4 Å². The van der Waals surface area contributed by atoms with Crippen LogP contribution in [0, 0.1) is 11.6 Å². The van der Waals surface area contributed by atoms with Crippen LogP contribution in [0.2, 0.25) is 0 Å². The van der Waals surface area contributed by atoms with Gasteiger partial charge >= 0.3 is 0 Å². The van der Waals surface area contributed by atoms with Crippen LogP contribution in [0.25, 0.3) is 0 Å². The van der Waals surface area contributed by atoms with E-state index in [-0.39, 0.29) is 17.2 Å². The molecule has 0 bridgehead atoms. The Morgan fingerprint density at radius 1 is 0.615 bits per heavy atom. The fourth-order valence-electron chi connectivity index (χ4n) is 2.36. The fourth-order valence-corrected chi connectivity index (χ4v) is 2.36. The van der Waals surface area contributed by atoms with E-state index in [0.717, 1.165) is 18.2 Å². The molecule has 3 rings (SSSR count). The minimum atomic E-state index is -0.788. The maximum Gasteiger partial charge on any atom is 0.255 e. The molecule has 2 amide bonds. The molecule has 0 saturated heterocycles. The second-order valence-corrected chi connectivity index (χ2v) is 5.51. The lowest BCUT2D eigenvalue weighted by Gasteiger charge is -2.09. The van der Waals surface area contributed by atoms with Crippen LogP contribution in [-0.4, -0.2) is 11.8 Å². The fraction of sp³-hybridized carbons (Fsp3) is 0. The summed E-state index contributed by atoms with van der Waals surface area (Å²) in [5.74, 6) is -2.44. The lowest BCUT2D eigenvalue weighted by atomic mass is 10.1. The molecule has 0 fully saturated rings. The minimum Gasteiger partial charge on any atom is -0.322 e. The monoisotopic (exact) mass is 352 g/mol. The maximum atomic E-state index is 13.2. The number of benzene rings is 3. The van der Waals surface area contributed by atoms with Gasteiger partial charge in [0.15, 0.2) is 0 Å². The summed E-state index contributed by atoms with van der Waals surface area (Å²) >= 11 is 0. The molecule has 6 heteroatoms. The Bertz CT molecular complexity index is 939. The van der Waals surface area contributed by atoms with Crippen molar-refractivity contribution in [1.82, 2.24) is 0 Å². The van der Waals surface area contributed by atoms with Crippen LogP contribution >= 0.6 is 0 Å². The Balaban J connectivity index is 1.74. The van der Waals surface area contributed by atoms with E-state index in [0.29, 0.717) is 11.3 Å². The van der Waals surface area contributed by atoms with E-state index in [1.54, 1.807) is 42.5 Å². The van der Waals surface area contributed by atoms with Gasteiger partial charge < -0.3 is 10.6 Å².